The molecule has 0 radical (unpaired) electrons. The molecule has 0 spiro atoms. The summed E-state index contributed by atoms with van der Waals surface area (Å²) in [6.45, 7) is 8.60. The minimum absolute atomic E-state index is 0.0748. The van der Waals surface area contributed by atoms with Gasteiger partial charge in [-0.05, 0) is 26.0 Å². The number of halogens is 1. The van der Waals surface area contributed by atoms with E-state index in [1.54, 1.807) is 18.2 Å². The van der Waals surface area contributed by atoms with Crippen LogP contribution < -0.4 is 4.90 Å². The molecule has 1 fully saturated rings. The molecule has 1 aliphatic rings. The van der Waals surface area contributed by atoms with Gasteiger partial charge in [-0.1, -0.05) is 23.9 Å². The summed E-state index contributed by atoms with van der Waals surface area (Å²) in [5.41, 5.74) is 0.263. The Bertz CT molecular complexity index is 731. The molecule has 0 bridgehead atoms. The molecule has 25 heavy (non-hydrogen) atoms. The van der Waals surface area contributed by atoms with Crippen molar-refractivity contribution in [3.63, 3.8) is 0 Å². The van der Waals surface area contributed by atoms with E-state index in [2.05, 4.69) is 17.1 Å². The number of piperazine rings is 1. The van der Waals surface area contributed by atoms with E-state index in [0.29, 0.717) is 0 Å². The second-order valence-corrected chi connectivity index (χ2v) is 7.33. The van der Waals surface area contributed by atoms with Gasteiger partial charge in [0, 0.05) is 0 Å². The Hall–Kier alpha value is -1.93. The van der Waals surface area contributed by atoms with E-state index in [1.165, 1.54) is 22.7 Å². The van der Waals surface area contributed by atoms with Gasteiger partial charge in [0.15, 0.2) is 0 Å². The molecule has 0 saturated carbocycles. The number of nitrogens with one attached hydrogen (secondary N) is 1. The van der Waals surface area contributed by atoms with Crippen LogP contribution in [-0.4, -0.2) is 59.0 Å². The predicted molar refractivity (Wildman–Crippen MR) is 92.8 cm³/mol. The summed E-state index contributed by atoms with van der Waals surface area (Å²) in [6.07, 6.45) is 0. The molecule has 1 aliphatic heterocycles. The van der Waals surface area contributed by atoms with Crippen molar-refractivity contribution >= 4 is 17.7 Å². The van der Waals surface area contributed by atoms with Crippen molar-refractivity contribution in [3.05, 3.63) is 30.1 Å². The van der Waals surface area contributed by atoms with Gasteiger partial charge in [-0.15, -0.1) is 10.2 Å². The number of benzene rings is 1. The summed E-state index contributed by atoms with van der Waals surface area (Å²) in [7, 11) is 0. The van der Waals surface area contributed by atoms with Crippen LogP contribution in [0.25, 0.3) is 11.5 Å². The second-order valence-electron chi connectivity index (χ2n) is 6.04. The Morgan fingerprint density at radius 3 is 2.76 bits per heavy atom. The number of carbonyl (C=O) groups excluding carboxylic acids is 1. The lowest BCUT2D eigenvalue weighted by atomic mass is 10.2. The number of likely N-dealkylation sites (N-methyl/N-ethyl adjacent to an activating group) is 1. The molecule has 0 aliphatic carbocycles. The fourth-order valence-electron chi connectivity index (χ4n) is 2.86. The summed E-state index contributed by atoms with van der Waals surface area (Å²) in [5, 5.41) is 7.77. The topological polar surface area (TPSA) is 63.7 Å². The molecule has 1 N–H and O–H groups in total. The van der Waals surface area contributed by atoms with Crippen molar-refractivity contribution in [2.75, 3.05) is 32.7 Å². The van der Waals surface area contributed by atoms with Gasteiger partial charge in [0.2, 0.25) is 5.91 Å². The van der Waals surface area contributed by atoms with Crippen LogP contribution in [-0.2, 0) is 4.79 Å². The van der Waals surface area contributed by atoms with E-state index in [-0.39, 0.29) is 27.8 Å². The van der Waals surface area contributed by atoms with E-state index >= 15 is 0 Å². The molecule has 6 nitrogen and oxygen atoms in total. The summed E-state index contributed by atoms with van der Waals surface area (Å²) in [4.78, 5) is 16.0. The fourth-order valence-corrected chi connectivity index (χ4v) is 3.62. The molecule has 2 heterocycles. The van der Waals surface area contributed by atoms with Crippen molar-refractivity contribution in [2.24, 2.45) is 0 Å². The first-order valence-corrected chi connectivity index (χ1v) is 9.34. The Morgan fingerprint density at radius 1 is 1.36 bits per heavy atom. The van der Waals surface area contributed by atoms with Crippen molar-refractivity contribution in [1.29, 1.82) is 0 Å². The highest BCUT2D eigenvalue weighted by atomic mass is 32.2. The number of thioether (sulfide) groups is 1. The zero-order chi connectivity index (χ0) is 17.8. The molecule has 1 atom stereocenters. The number of rotatable bonds is 5. The van der Waals surface area contributed by atoms with Gasteiger partial charge in [-0.3, -0.25) is 4.79 Å². The van der Waals surface area contributed by atoms with Gasteiger partial charge in [-0.25, -0.2) is 4.39 Å². The molecule has 3 rings (SSSR count). The van der Waals surface area contributed by atoms with E-state index in [0.717, 1.165) is 32.7 Å². The van der Waals surface area contributed by atoms with Crippen LogP contribution in [0, 0.1) is 5.82 Å². The highest BCUT2D eigenvalue weighted by Crippen LogP contribution is 2.28. The monoisotopic (exact) mass is 365 g/mol. The number of hydrogen-bond donors (Lipinski definition) is 1. The largest absolute Gasteiger partial charge is 0.411 e. The highest BCUT2D eigenvalue weighted by Gasteiger charge is 2.28. The third-order valence-corrected chi connectivity index (χ3v) is 5.34. The van der Waals surface area contributed by atoms with Gasteiger partial charge in [0.1, 0.15) is 5.82 Å². The lowest BCUT2D eigenvalue weighted by Crippen LogP contribution is -3.14. The summed E-state index contributed by atoms with van der Waals surface area (Å²) in [5.74, 6) is -0.214. The predicted octanol–water partition coefficient (Wildman–Crippen LogP) is 1.10. The quantitative estimate of drug-likeness (QED) is 0.804. The number of aromatic nitrogens is 2. The maximum absolute atomic E-state index is 13.8. The first kappa shape index (κ1) is 17.9. The lowest BCUT2D eigenvalue weighted by molar-refractivity contribution is -0.902. The zero-order valence-electron chi connectivity index (χ0n) is 14.4. The summed E-state index contributed by atoms with van der Waals surface area (Å²) in [6, 6.07) is 6.24. The van der Waals surface area contributed by atoms with Crippen LogP contribution in [0.1, 0.15) is 13.8 Å². The Labute approximate surface area is 150 Å². The average Bonchev–Trinajstić information content (AvgIpc) is 3.09. The van der Waals surface area contributed by atoms with E-state index in [1.807, 2.05) is 11.8 Å². The van der Waals surface area contributed by atoms with E-state index in [4.69, 9.17) is 4.42 Å². The molecule has 8 heteroatoms. The normalized spacial score (nSPS) is 16.8. The molecule has 1 saturated heterocycles. The molecular formula is C17H22FN4O2S+. The highest BCUT2D eigenvalue weighted by molar-refractivity contribution is 8.00. The number of carbonyl (C=O) groups is 1. The number of quaternary nitrogens is 1. The molecule has 1 amide bonds. The maximum atomic E-state index is 13.8. The Balaban J connectivity index is 1.61. The number of amides is 1. The Kier molecular flexibility index (Phi) is 5.70. The van der Waals surface area contributed by atoms with Crippen LogP contribution >= 0.6 is 11.8 Å². The van der Waals surface area contributed by atoms with Crippen molar-refractivity contribution < 1.29 is 18.5 Å². The maximum Gasteiger partial charge on any atom is 0.277 e. The average molecular weight is 365 g/mol. The number of nitrogens with zero attached hydrogens (tertiary/aromatic N) is 3. The minimum atomic E-state index is -0.414. The third-order valence-electron chi connectivity index (χ3n) is 4.42. The summed E-state index contributed by atoms with van der Waals surface area (Å²) < 4.78 is 19.3. The SMILES string of the molecule is CC[NH+]1CCN(C(=O)[C@@H](C)Sc2nnc(-c3ccccc3F)o2)CC1. The minimum Gasteiger partial charge on any atom is -0.411 e. The zero-order valence-corrected chi connectivity index (χ0v) is 15.2. The van der Waals surface area contributed by atoms with Gasteiger partial charge in [0.25, 0.3) is 11.1 Å². The van der Waals surface area contributed by atoms with Gasteiger partial charge in [-0.2, -0.15) is 0 Å². The van der Waals surface area contributed by atoms with Gasteiger partial charge < -0.3 is 14.2 Å². The van der Waals surface area contributed by atoms with Crippen LogP contribution in [0.4, 0.5) is 4.39 Å². The first-order valence-electron chi connectivity index (χ1n) is 8.46. The standard InChI is InChI=1S/C17H21FN4O2S/c1-3-21-8-10-22(11-9-21)16(23)12(2)25-17-20-19-15(24-17)13-6-4-5-7-14(13)18/h4-7,12H,3,8-11H2,1-2H3/p+1/t12-/m1/s1. The van der Waals surface area contributed by atoms with Crippen molar-refractivity contribution in [2.45, 2.75) is 24.3 Å². The fraction of sp³-hybridized carbons (Fsp3) is 0.471. The van der Waals surface area contributed by atoms with Gasteiger partial charge >= 0.3 is 0 Å². The van der Waals surface area contributed by atoms with Crippen LogP contribution in [0.3, 0.4) is 0 Å². The van der Waals surface area contributed by atoms with E-state index < -0.39 is 5.82 Å². The molecule has 1 aromatic carbocycles. The van der Waals surface area contributed by atoms with E-state index in [9.17, 15) is 9.18 Å². The Morgan fingerprint density at radius 2 is 2.08 bits per heavy atom. The smallest absolute Gasteiger partial charge is 0.277 e. The second kappa shape index (κ2) is 7.97. The van der Waals surface area contributed by atoms with Crippen molar-refractivity contribution in [1.82, 2.24) is 15.1 Å². The van der Waals surface area contributed by atoms with Gasteiger partial charge in [0.05, 0.1) is 43.5 Å². The molecule has 134 valence electrons. The molecular weight excluding hydrogens is 343 g/mol. The third kappa shape index (κ3) is 4.19. The molecule has 0 unspecified atom stereocenters. The van der Waals surface area contributed by atoms with Crippen LogP contribution in [0.15, 0.2) is 33.9 Å². The van der Waals surface area contributed by atoms with Crippen LogP contribution in [0.2, 0.25) is 0 Å². The number of hydrogen-bond acceptors (Lipinski definition) is 5. The van der Waals surface area contributed by atoms with Crippen LogP contribution in [0.5, 0.6) is 0 Å². The van der Waals surface area contributed by atoms with Crippen molar-refractivity contribution in [3.8, 4) is 11.5 Å². The molecule has 2 aromatic rings. The summed E-state index contributed by atoms with van der Waals surface area (Å²) >= 11 is 1.21. The molecule has 1 aromatic heterocycles. The lowest BCUT2D eigenvalue weighted by Gasteiger charge is -2.32. The first-order chi connectivity index (χ1) is 12.1.